The first kappa shape index (κ1) is 25.4. The Hall–Kier alpha value is -1.83. The third-order valence-corrected chi connectivity index (χ3v) is 6.44. The molecule has 0 radical (unpaired) electrons. The minimum atomic E-state index is -0.731. The predicted molar refractivity (Wildman–Crippen MR) is 117 cm³/mol. The highest BCUT2D eigenvalue weighted by molar-refractivity contribution is 5.80. The summed E-state index contributed by atoms with van der Waals surface area (Å²) in [5.74, 6) is -0.276. The number of unbranched alkanes of at least 4 members (excludes halogenated alkanes) is 6. The molecule has 0 aromatic rings. The Bertz CT molecular complexity index is 570. The maximum absolute atomic E-state index is 12.1. The molecule has 0 unspecified atom stereocenters. The SMILES string of the molecule is CCCCCCNC(=O)OCC(=O)NC[C@H]1[C@@H](CCCCCCC(=O)O)[C@H]2CC[C@@H]1O2. The number of hydrogen-bond donors (Lipinski definition) is 3. The zero-order chi connectivity index (χ0) is 22.5. The van der Waals surface area contributed by atoms with Gasteiger partial charge in [-0.2, -0.15) is 0 Å². The molecule has 2 fully saturated rings. The molecule has 2 amide bonds. The van der Waals surface area contributed by atoms with E-state index in [2.05, 4.69) is 17.6 Å². The van der Waals surface area contributed by atoms with Crippen LogP contribution in [0, 0.1) is 11.8 Å². The maximum Gasteiger partial charge on any atom is 0.407 e. The van der Waals surface area contributed by atoms with Crippen LogP contribution < -0.4 is 10.6 Å². The Labute approximate surface area is 185 Å². The number of carbonyl (C=O) groups is 3. The number of carbonyl (C=O) groups excluding carboxylic acids is 2. The van der Waals surface area contributed by atoms with Gasteiger partial charge in [0.2, 0.25) is 0 Å². The minimum absolute atomic E-state index is 0.203. The standard InChI is InChI=1S/C23H40N2O6/c1-2-3-4-9-14-24-23(29)30-16-21(26)25-15-18-17(19-12-13-20(18)31-19)10-7-5-6-8-11-22(27)28/h17-20H,2-16H2,1H3,(H,24,29)(H,25,26)(H,27,28)/t17-,18+,19-,20+/m1/s1. The first-order valence-electron chi connectivity index (χ1n) is 12.1. The van der Waals surface area contributed by atoms with E-state index in [1.807, 2.05) is 0 Å². The Balaban J connectivity index is 1.60. The highest BCUT2D eigenvalue weighted by Crippen LogP contribution is 2.45. The molecule has 2 heterocycles. The fraction of sp³-hybridized carbons (Fsp3) is 0.870. The van der Waals surface area contributed by atoms with Gasteiger partial charge in [0.15, 0.2) is 6.61 Å². The molecule has 2 aliphatic rings. The van der Waals surface area contributed by atoms with Gasteiger partial charge in [-0.3, -0.25) is 9.59 Å². The number of ether oxygens (including phenoxy) is 2. The van der Waals surface area contributed by atoms with Crippen LogP contribution >= 0.6 is 0 Å². The number of nitrogens with one attached hydrogen (secondary N) is 2. The molecule has 0 aliphatic carbocycles. The molecule has 2 aliphatic heterocycles. The van der Waals surface area contributed by atoms with E-state index in [4.69, 9.17) is 14.6 Å². The number of hydrogen-bond acceptors (Lipinski definition) is 5. The molecule has 0 saturated carbocycles. The summed E-state index contributed by atoms with van der Waals surface area (Å²) in [4.78, 5) is 34.4. The summed E-state index contributed by atoms with van der Waals surface area (Å²) in [6, 6.07) is 0. The first-order valence-corrected chi connectivity index (χ1v) is 12.1. The van der Waals surface area contributed by atoms with Gasteiger partial charge >= 0.3 is 12.1 Å². The average molecular weight is 441 g/mol. The van der Waals surface area contributed by atoms with Gasteiger partial charge in [0.1, 0.15) is 0 Å². The molecule has 8 heteroatoms. The molecule has 0 aromatic carbocycles. The fourth-order valence-corrected chi connectivity index (χ4v) is 4.77. The van der Waals surface area contributed by atoms with Crippen molar-refractivity contribution in [1.82, 2.24) is 10.6 Å². The van der Waals surface area contributed by atoms with E-state index >= 15 is 0 Å². The summed E-state index contributed by atoms with van der Waals surface area (Å²) < 4.78 is 11.1. The van der Waals surface area contributed by atoms with Crippen molar-refractivity contribution in [2.45, 2.75) is 96.2 Å². The van der Waals surface area contributed by atoms with Crippen LogP contribution in [0.2, 0.25) is 0 Å². The number of aliphatic carboxylic acids is 1. The molecule has 31 heavy (non-hydrogen) atoms. The number of amides is 2. The maximum atomic E-state index is 12.1. The van der Waals surface area contributed by atoms with E-state index in [-0.39, 0.29) is 31.1 Å². The topological polar surface area (TPSA) is 114 Å². The average Bonchev–Trinajstić information content (AvgIpc) is 3.34. The van der Waals surface area contributed by atoms with Crippen molar-refractivity contribution in [3.05, 3.63) is 0 Å². The number of carboxylic acid groups (broad SMARTS) is 1. The monoisotopic (exact) mass is 440 g/mol. The smallest absolute Gasteiger partial charge is 0.407 e. The number of rotatable bonds is 16. The Morgan fingerprint density at radius 1 is 0.935 bits per heavy atom. The fourth-order valence-electron chi connectivity index (χ4n) is 4.77. The zero-order valence-corrected chi connectivity index (χ0v) is 18.9. The number of fused-ring (bicyclic) bond motifs is 2. The summed E-state index contributed by atoms with van der Waals surface area (Å²) in [6.45, 7) is 2.99. The number of carboxylic acids is 1. The lowest BCUT2D eigenvalue weighted by molar-refractivity contribution is -0.137. The Morgan fingerprint density at radius 2 is 1.65 bits per heavy atom. The largest absolute Gasteiger partial charge is 0.481 e. The second-order valence-electron chi connectivity index (χ2n) is 8.83. The summed E-state index contributed by atoms with van der Waals surface area (Å²) in [5.41, 5.74) is 0. The normalized spacial score (nSPS) is 24.2. The van der Waals surface area contributed by atoms with Crippen molar-refractivity contribution in [2.24, 2.45) is 11.8 Å². The lowest BCUT2D eigenvalue weighted by atomic mass is 9.76. The van der Waals surface area contributed by atoms with Crippen LogP contribution in [0.15, 0.2) is 0 Å². The van der Waals surface area contributed by atoms with Crippen LogP contribution in [-0.2, 0) is 19.1 Å². The zero-order valence-electron chi connectivity index (χ0n) is 18.9. The second kappa shape index (κ2) is 14.3. The molecule has 0 aromatic heterocycles. The van der Waals surface area contributed by atoms with Crippen LogP contribution in [-0.4, -0.2) is 55.0 Å². The van der Waals surface area contributed by atoms with Crippen LogP contribution in [0.1, 0.15) is 84.0 Å². The third kappa shape index (κ3) is 9.46. The van der Waals surface area contributed by atoms with Gasteiger partial charge in [0.05, 0.1) is 12.2 Å². The molecule has 2 rings (SSSR count). The van der Waals surface area contributed by atoms with Crippen molar-refractivity contribution in [3.63, 3.8) is 0 Å². The van der Waals surface area contributed by atoms with E-state index in [0.29, 0.717) is 24.9 Å². The van der Waals surface area contributed by atoms with Crippen LogP contribution in [0.3, 0.4) is 0 Å². The van der Waals surface area contributed by atoms with Crippen LogP contribution in [0.5, 0.6) is 0 Å². The van der Waals surface area contributed by atoms with Crippen molar-refractivity contribution >= 4 is 18.0 Å². The molecule has 0 spiro atoms. The van der Waals surface area contributed by atoms with Gasteiger partial charge in [0, 0.05) is 25.4 Å². The molecular weight excluding hydrogens is 400 g/mol. The molecule has 178 valence electrons. The van der Waals surface area contributed by atoms with E-state index in [1.165, 1.54) is 0 Å². The van der Waals surface area contributed by atoms with E-state index in [9.17, 15) is 14.4 Å². The lowest BCUT2D eigenvalue weighted by Gasteiger charge is -2.28. The second-order valence-corrected chi connectivity index (χ2v) is 8.83. The van der Waals surface area contributed by atoms with Crippen molar-refractivity contribution in [2.75, 3.05) is 19.7 Å². The summed E-state index contributed by atoms with van der Waals surface area (Å²) in [5, 5.41) is 14.3. The van der Waals surface area contributed by atoms with Gasteiger partial charge in [-0.05, 0) is 38.0 Å². The van der Waals surface area contributed by atoms with Crippen LogP contribution in [0.4, 0.5) is 4.79 Å². The third-order valence-electron chi connectivity index (χ3n) is 6.44. The summed E-state index contributed by atoms with van der Waals surface area (Å²) in [6.07, 6.45) is 11.4. The highest BCUT2D eigenvalue weighted by atomic mass is 16.6. The molecular formula is C23H40N2O6. The van der Waals surface area contributed by atoms with E-state index in [0.717, 1.165) is 70.6 Å². The Morgan fingerprint density at radius 3 is 2.39 bits per heavy atom. The minimum Gasteiger partial charge on any atom is -0.481 e. The first-order chi connectivity index (χ1) is 15.0. The quantitative estimate of drug-likeness (QED) is 0.316. The summed E-state index contributed by atoms with van der Waals surface area (Å²) >= 11 is 0. The van der Waals surface area contributed by atoms with Crippen molar-refractivity contribution < 1.29 is 29.0 Å². The molecule has 2 bridgehead atoms. The van der Waals surface area contributed by atoms with E-state index in [1.54, 1.807) is 0 Å². The Kier molecular flexibility index (Phi) is 11.7. The van der Waals surface area contributed by atoms with Gasteiger partial charge in [-0.25, -0.2) is 4.79 Å². The summed E-state index contributed by atoms with van der Waals surface area (Å²) in [7, 11) is 0. The van der Waals surface area contributed by atoms with Crippen LogP contribution in [0.25, 0.3) is 0 Å². The van der Waals surface area contributed by atoms with Crippen molar-refractivity contribution in [1.29, 1.82) is 0 Å². The predicted octanol–water partition coefficient (Wildman–Crippen LogP) is 3.63. The molecule has 8 nitrogen and oxygen atoms in total. The van der Waals surface area contributed by atoms with Gasteiger partial charge in [0.25, 0.3) is 5.91 Å². The highest BCUT2D eigenvalue weighted by Gasteiger charge is 2.48. The lowest BCUT2D eigenvalue weighted by Crippen LogP contribution is -2.40. The van der Waals surface area contributed by atoms with Crippen molar-refractivity contribution in [3.8, 4) is 0 Å². The van der Waals surface area contributed by atoms with E-state index < -0.39 is 12.1 Å². The molecule has 4 atom stereocenters. The molecule has 3 N–H and O–H groups in total. The molecule has 2 saturated heterocycles. The number of alkyl carbamates (subject to hydrolysis) is 1. The van der Waals surface area contributed by atoms with Gasteiger partial charge in [-0.1, -0.05) is 45.4 Å². The van der Waals surface area contributed by atoms with Gasteiger partial charge in [-0.15, -0.1) is 0 Å². The van der Waals surface area contributed by atoms with Gasteiger partial charge < -0.3 is 25.2 Å².